The lowest BCUT2D eigenvalue weighted by Crippen LogP contribution is -2.23. The topological polar surface area (TPSA) is 49.8 Å². The van der Waals surface area contributed by atoms with Gasteiger partial charge in [0.05, 0.1) is 5.52 Å². The number of hydrogen-bond donors (Lipinski definition) is 2. The molecular formula is C27H27ClN4S. The Morgan fingerprint density at radius 2 is 1.85 bits per heavy atom. The van der Waals surface area contributed by atoms with Gasteiger partial charge in [-0.05, 0) is 90.9 Å². The Hall–Kier alpha value is -2.76. The minimum absolute atomic E-state index is 0.502. The number of benzene rings is 3. The zero-order valence-electron chi connectivity index (χ0n) is 18.6. The molecule has 1 aromatic heterocycles. The van der Waals surface area contributed by atoms with E-state index < -0.39 is 0 Å². The molecular weight excluding hydrogens is 448 g/mol. The summed E-state index contributed by atoms with van der Waals surface area (Å²) in [5.41, 5.74) is 5.62. The Balaban J connectivity index is 1.31. The van der Waals surface area contributed by atoms with Crippen LogP contribution < -0.4 is 10.0 Å². The number of aryl methyl sites for hydroxylation is 1. The van der Waals surface area contributed by atoms with E-state index in [2.05, 4.69) is 58.3 Å². The fraction of sp³-hybridized carbons (Fsp3) is 0.259. The van der Waals surface area contributed by atoms with Gasteiger partial charge in [-0.15, -0.1) is 0 Å². The first-order valence-electron chi connectivity index (χ1n) is 11.5. The number of rotatable bonds is 6. The quantitative estimate of drug-likeness (QED) is 0.276. The van der Waals surface area contributed by atoms with Crippen molar-refractivity contribution in [2.45, 2.75) is 50.0 Å². The van der Waals surface area contributed by atoms with Crippen molar-refractivity contribution in [2.75, 3.05) is 10.0 Å². The zero-order valence-corrected chi connectivity index (χ0v) is 20.2. The van der Waals surface area contributed by atoms with Gasteiger partial charge in [-0.2, -0.15) is 0 Å². The average Bonchev–Trinajstić information content (AvgIpc) is 2.83. The van der Waals surface area contributed by atoms with Crippen LogP contribution in [0.3, 0.4) is 0 Å². The fourth-order valence-corrected chi connectivity index (χ4v) is 5.35. The molecule has 0 unspecified atom stereocenters. The second-order valence-corrected chi connectivity index (χ2v) is 9.95. The standard InChI is InChI=1S/C27H27ClN4S/c1-18-14-23(32-33-24-9-5-6-21(28)16-24)11-12-25(18)19-10-13-26-20(15-19)17-29-27(31-26)30-22-7-3-2-4-8-22/h5-6,9-17,22,32H,2-4,7-8H2,1H3,(H,29,30,31). The lowest BCUT2D eigenvalue weighted by Gasteiger charge is -2.22. The van der Waals surface area contributed by atoms with Crippen LogP contribution in [0.25, 0.3) is 22.0 Å². The normalized spacial score (nSPS) is 14.4. The minimum atomic E-state index is 0.502. The molecule has 0 radical (unpaired) electrons. The molecule has 4 aromatic rings. The Bertz CT molecular complexity index is 1270. The molecule has 33 heavy (non-hydrogen) atoms. The molecule has 1 aliphatic carbocycles. The van der Waals surface area contributed by atoms with Gasteiger partial charge >= 0.3 is 0 Å². The minimum Gasteiger partial charge on any atom is -0.351 e. The summed E-state index contributed by atoms with van der Waals surface area (Å²) in [6.07, 6.45) is 8.29. The third-order valence-corrected chi connectivity index (χ3v) is 7.20. The second kappa shape index (κ2) is 10.0. The van der Waals surface area contributed by atoms with Gasteiger partial charge in [0.15, 0.2) is 0 Å². The smallest absolute Gasteiger partial charge is 0.223 e. The van der Waals surface area contributed by atoms with Crippen LogP contribution in [0.4, 0.5) is 11.6 Å². The van der Waals surface area contributed by atoms with Gasteiger partial charge in [0.1, 0.15) is 0 Å². The van der Waals surface area contributed by atoms with E-state index >= 15 is 0 Å². The van der Waals surface area contributed by atoms with Crippen molar-refractivity contribution in [1.29, 1.82) is 0 Å². The van der Waals surface area contributed by atoms with Crippen LogP contribution in [0.1, 0.15) is 37.7 Å². The van der Waals surface area contributed by atoms with Crippen LogP contribution in [0, 0.1) is 6.92 Å². The number of hydrogen-bond acceptors (Lipinski definition) is 5. The summed E-state index contributed by atoms with van der Waals surface area (Å²) >= 11 is 7.64. The SMILES string of the molecule is Cc1cc(NSc2cccc(Cl)c2)ccc1-c1ccc2nc(NC3CCCCC3)ncc2c1. The van der Waals surface area contributed by atoms with Gasteiger partial charge in [-0.3, -0.25) is 0 Å². The van der Waals surface area contributed by atoms with E-state index in [0.29, 0.717) is 6.04 Å². The molecule has 0 aliphatic heterocycles. The van der Waals surface area contributed by atoms with Gasteiger partial charge < -0.3 is 10.0 Å². The molecule has 4 nitrogen and oxygen atoms in total. The van der Waals surface area contributed by atoms with Gasteiger partial charge in [0.2, 0.25) is 5.95 Å². The van der Waals surface area contributed by atoms with Crippen LogP contribution in [0.2, 0.25) is 5.02 Å². The Kier molecular flexibility index (Phi) is 6.70. The van der Waals surface area contributed by atoms with Crippen LogP contribution in [0.5, 0.6) is 0 Å². The molecule has 168 valence electrons. The summed E-state index contributed by atoms with van der Waals surface area (Å²) < 4.78 is 3.41. The van der Waals surface area contributed by atoms with Crippen LogP contribution in [0.15, 0.2) is 71.8 Å². The summed E-state index contributed by atoms with van der Waals surface area (Å²) in [7, 11) is 0. The lowest BCUT2D eigenvalue weighted by molar-refractivity contribution is 0.461. The highest BCUT2D eigenvalue weighted by molar-refractivity contribution is 8.00. The van der Waals surface area contributed by atoms with Crippen molar-refractivity contribution in [1.82, 2.24) is 9.97 Å². The zero-order chi connectivity index (χ0) is 22.6. The first kappa shape index (κ1) is 22.1. The summed E-state index contributed by atoms with van der Waals surface area (Å²) in [4.78, 5) is 10.4. The summed E-state index contributed by atoms with van der Waals surface area (Å²) in [5, 5.41) is 5.32. The summed E-state index contributed by atoms with van der Waals surface area (Å²) in [6, 6.07) is 21.2. The molecule has 1 aliphatic rings. The van der Waals surface area contributed by atoms with Crippen LogP contribution >= 0.6 is 23.5 Å². The molecule has 0 saturated heterocycles. The molecule has 0 atom stereocenters. The van der Waals surface area contributed by atoms with Crippen LogP contribution in [-0.2, 0) is 0 Å². The fourth-order valence-electron chi connectivity index (χ4n) is 4.40. The highest BCUT2D eigenvalue weighted by Gasteiger charge is 2.14. The maximum absolute atomic E-state index is 6.08. The Morgan fingerprint density at radius 3 is 2.67 bits per heavy atom. The van der Waals surface area contributed by atoms with Gasteiger partial charge in [0, 0.05) is 33.2 Å². The van der Waals surface area contributed by atoms with Crippen molar-refractivity contribution in [2.24, 2.45) is 0 Å². The summed E-state index contributed by atoms with van der Waals surface area (Å²) in [5.74, 6) is 0.742. The van der Waals surface area contributed by atoms with E-state index in [1.54, 1.807) is 11.9 Å². The predicted molar refractivity (Wildman–Crippen MR) is 141 cm³/mol. The molecule has 1 heterocycles. The summed E-state index contributed by atoms with van der Waals surface area (Å²) in [6.45, 7) is 2.14. The maximum Gasteiger partial charge on any atom is 0.223 e. The number of anilines is 2. The first-order chi connectivity index (χ1) is 16.1. The predicted octanol–water partition coefficient (Wildman–Crippen LogP) is 8.12. The highest BCUT2D eigenvalue weighted by atomic mass is 35.5. The monoisotopic (exact) mass is 474 g/mol. The van der Waals surface area contributed by atoms with Crippen molar-refractivity contribution in [3.63, 3.8) is 0 Å². The number of nitrogens with zero attached hydrogens (tertiary/aromatic N) is 2. The highest BCUT2D eigenvalue weighted by Crippen LogP contribution is 2.31. The van der Waals surface area contributed by atoms with Crippen molar-refractivity contribution in [3.05, 3.63) is 77.4 Å². The molecule has 2 N–H and O–H groups in total. The maximum atomic E-state index is 6.08. The van der Waals surface area contributed by atoms with Gasteiger partial charge in [-0.1, -0.05) is 49.1 Å². The molecule has 1 fully saturated rings. The van der Waals surface area contributed by atoms with E-state index in [9.17, 15) is 0 Å². The number of nitrogens with one attached hydrogen (secondary N) is 2. The van der Waals surface area contributed by atoms with Gasteiger partial charge in [0.25, 0.3) is 0 Å². The molecule has 0 spiro atoms. The molecule has 6 heteroatoms. The second-order valence-electron chi connectivity index (χ2n) is 8.64. The Morgan fingerprint density at radius 1 is 0.970 bits per heavy atom. The largest absolute Gasteiger partial charge is 0.351 e. The average molecular weight is 475 g/mol. The lowest BCUT2D eigenvalue weighted by atomic mass is 9.96. The molecule has 3 aromatic carbocycles. The van der Waals surface area contributed by atoms with Crippen molar-refractivity contribution in [3.8, 4) is 11.1 Å². The van der Waals surface area contributed by atoms with Crippen LogP contribution in [-0.4, -0.2) is 16.0 Å². The molecule has 5 rings (SSSR count). The van der Waals surface area contributed by atoms with Crippen molar-refractivity contribution < 1.29 is 0 Å². The number of halogens is 1. The number of aromatic nitrogens is 2. The number of fused-ring (bicyclic) bond motifs is 1. The Labute approximate surface area is 204 Å². The third-order valence-electron chi connectivity index (χ3n) is 6.14. The third kappa shape index (κ3) is 5.43. The van der Waals surface area contributed by atoms with E-state index in [-0.39, 0.29) is 0 Å². The van der Waals surface area contributed by atoms with E-state index in [1.807, 2.05) is 30.5 Å². The first-order valence-corrected chi connectivity index (χ1v) is 12.7. The molecule has 0 amide bonds. The van der Waals surface area contributed by atoms with Crippen molar-refractivity contribution >= 4 is 46.1 Å². The van der Waals surface area contributed by atoms with E-state index in [1.165, 1.54) is 48.8 Å². The molecule has 1 saturated carbocycles. The van der Waals surface area contributed by atoms with E-state index in [0.717, 1.165) is 32.5 Å². The van der Waals surface area contributed by atoms with E-state index in [4.69, 9.17) is 16.6 Å². The van der Waals surface area contributed by atoms with Gasteiger partial charge in [-0.25, -0.2) is 9.97 Å². The molecule has 0 bridgehead atoms.